The third-order valence-corrected chi connectivity index (χ3v) is 9.22. The van der Waals surface area contributed by atoms with Gasteiger partial charge in [0.25, 0.3) is 0 Å². The summed E-state index contributed by atoms with van der Waals surface area (Å²) in [4.78, 5) is 29.5. The number of hydrogen-bond donors (Lipinski definition) is 2. The zero-order valence-electron chi connectivity index (χ0n) is 33.2. The van der Waals surface area contributed by atoms with Gasteiger partial charge < -0.3 is 11.1 Å². The van der Waals surface area contributed by atoms with Crippen molar-refractivity contribution in [2.24, 2.45) is 9.98 Å². The van der Waals surface area contributed by atoms with Gasteiger partial charge in [-0.25, -0.2) is 0 Å². The van der Waals surface area contributed by atoms with Crippen LogP contribution in [0.15, 0.2) is 222 Å². The van der Waals surface area contributed by atoms with E-state index in [2.05, 4.69) is 124 Å². The van der Waals surface area contributed by atoms with E-state index < -0.39 is 0 Å². The smallest absolute Gasteiger partial charge is 0.150 e. The molecule has 0 unspecified atom stereocenters. The van der Waals surface area contributed by atoms with Crippen LogP contribution < -0.4 is 11.1 Å². The number of para-hydroxylation sites is 1. The van der Waals surface area contributed by atoms with Crippen molar-refractivity contribution in [3.63, 3.8) is 0 Å². The molecule has 0 saturated heterocycles. The summed E-state index contributed by atoms with van der Waals surface area (Å²) < 4.78 is 0. The van der Waals surface area contributed by atoms with Gasteiger partial charge in [0, 0.05) is 40.6 Å². The molecule has 0 saturated carbocycles. The van der Waals surface area contributed by atoms with Gasteiger partial charge >= 0.3 is 0 Å². The van der Waals surface area contributed by atoms with Crippen molar-refractivity contribution in [2.75, 3.05) is 11.1 Å². The molecule has 8 aromatic carbocycles. The van der Waals surface area contributed by atoms with Crippen molar-refractivity contribution in [1.29, 1.82) is 0 Å². The first-order valence-corrected chi connectivity index (χ1v) is 19.6. The molecule has 8 rings (SSSR count). The van der Waals surface area contributed by atoms with E-state index in [1.807, 2.05) is 91.3 Å². The molecule has 0 bridgehead atoms. The third-order valence-electron chi connectivity index (χ3n) is 9.22. The number of carbonyl (C=O) groups is 2. The minimum Gasteiger partial charge on any atom is -0.399 e. The molecule has 0 aliphatic heterocycles. The minimum atomic E-state index is 0. The summed E-state index contributed by atoms with van der Waals surface area (Å²) in [6.07, 6.45) is 7.17. The molecule has 0 amide bonds. The summed E-state index contributed by atoms with van der Waals surface area (Å²) in [6.45, 7) is 0. The van der Waals surface area contributed by atoms with Crippen LogP contribution in [0.4, 0.5) is 28.4 Å². The van der Waals surface area contributed by atoms with E-state index in [1.165, 1.54) is 22.3 Å². The third kappa shape index (κ3) is 15.4. The fraction of sp³-hybridized carbons (Fsp3) is 0.0545. The number of nitrogens with one attached hydrogen (secondary N) is 1. The van der Waals surface area contributed by atoms with Gasteiger partial charge in [0.2, 0.25) is 0 Å². The molecule has 6 heteroatoms. The van der Waals surface area contributed by atoms with Gasteiger partial charge in [0.1, 0.15) is 12.6 Å². The highest BCUT2D eigenvalue weighted by Crippen LogP contribution is 2.21. The molecule has 61 heavy (non-hydrogen) atoms. The Labute approximate surface area is 359 Å². The van der Waals surface area contributed by atoms with Crippen molar-refractivity contribution < 1.29 is 9.59 Å². The molecular weight excluding hydrogens is 749 g/mol. The maximum Gasteiger partial charge on any atom is 0.150 e. The molecular formula is C55H50N4O2. The van der Waals surface area contributed by atoms with Crippen molar-refractivity contribution in [2.45, 2.75) is 20.3 Å². The monoisotopic (exact) mass is 798 g/mol. The average molecular weight is 799 g/mol. The largest absolute Gasteiger partial charge is 0.399 e. The second-order valence-corrected chi connectivity index (χ2v) is 13.9. The number of carbonyl (C=O) groups excluding carboxylic acids is 2. The van der Waals surface area contributed by atoms with E-state index in [4.69, 9.17) is 5.73 Å². The maximum absolute atomic E-state index is 10.1. The summed E-state index contributed by atoms with van der Waals surface area (Å²) in [5.41, 5.74) is 18.9. The van der Waals surface area contributed by atoms with Crippen LogP contribution in [0.2, 0.25) is 0 Å². The summed E-state index contributed by atoms with van der Waals surface area (Å²) in [7, 11) is 0. The maximum atomic E-state index is 10.1. The second kappa shape index (κ2) is 24.1. The lowest BCUT2D eigenvalue weighted by Gasteiger charge is -2.06. The van der Waals surface area contributed by atoms with Crippen molar-refractivity contribution >= 4 is 53.4 Å². The number of hydrogen-bond acceptors (Lipinski definition) is 6. The Balaban J connectivity index is 0.000000229. The first kappa shape index (κ1) is 44.1. The summed E-state index contributed by atoms with van der Waals surface area (Å²) in [6, 6.07) is 70.3. The predicted molar refractivity (Wildman–Crippen MR) is 257 cm³/mol. The molecule has 3 N–H and O–H groups in total. The van der Waals surface area contributed by atoms with Crippen LogP contribution in [0.25, 0.3) is 0 Å². The van der Waals surface area contributed by atoms with E-state index in [1.54, 1.807) is 24.3 Å². The van der Waals surface area contributed by atoms with Gasteiger partial charge in [-0.15, -0.1) is 0 Å². The Morgan fingerprint density at radius 3 is 1.11 bits per heavy atom. The highest BCUT2D eigenvalue weighted by atomic mass is 16.1. The van der Waals surface area contributed by atoms with Gasteiger partial charge in [-0.05, 0) is 107 Å². The molecule has 0 aliphatic carbocycles. The molecule has 8 aromatic rings. The lowest BCUT2D eigenvalue weighted by Crippen LogP contribution is -1.89. The number of benzene rings is 8. The van der Waals surface area contributed by atoms with Crippen LogP contribution in [-0.2, 0) is 12.8 Å². The number of nitrogens with two attached hydrogens (primary N) is 1. The van der Waals surface area contributed by atoms with Gasteiger partial charge in [0.05, 0.1) is 11.4 Å². The minimum absolute atomic E-state index is 0. The van der Waals surface area contributed by atoms with Crippen molar-refractivity contribution in [1.82, 2.24) is 0 Å². The fourth-order valence-corrected chi connectivity index (χ4v) is 5.94. The second-order valence-electron chi connectivity index (χ2n) is 13.9. The average Bonchev–Trinajstić information content (AvgIpc) is 3.31. The Bertz CT molecular complexity index is 2400. The molecule has 0 radical (unpaired) electrons. The molecule has 302 valence electrons. The summed E-state index contributed by atoms with van der Waals surface area (Å²) in [5, 5.41) is 3.38. The Morgan fingerprint density at radius 2 is 0.705 bits per heavy atom. The van der Waals surface area contributed by atoms with Crippen LogP contribution in [0, 0.1) is 0 Å². The van der Waals surface area contributed by atoms with Crippen LogP contribution in [0.1, 0.15) is 61.5 Å². The lowest BCUT2D eigenvalue weighted by molar-refractivity contribution is 0.111. The Morgan fingerprint density at radius 1 is 0.377 bits per heavy atom. The fourth-order valence-electron chi connectivity index (χ4n) is 5.94. The van der Waals surface area contributed by atoms with Gasteiger partial charge in [0.15, 0.2) is 0 Å². The highest BCUT2D eigenvalue weighted by Gasteiger charge is 1.99. The number of aliphatic imine (C=N–C) groups is 2. The standard InChI is InChI=1S/C33H27N3.C13H13N.C8H6O2.CH4/c1-3-7-26(8-4-1)23-27-15-17-30(18-16-27)34-24-28-11-13-29(14-12-28)25-35-31-19-21-33(22-20-31)36-32-9-5-2-6-10-32;14-13-8-6-12(7-9-13)10-11-4-2-1-3-5-11;9-5-7-1-2-8(6-10)4-3-7;/h1-22,24-25,36H,23H2;1-9H,10,14H2;1-6H;1H4. The number of nitrogen functional groups attached to an aromatic ring is 1. The molecule has 0 aromatic heterocycles. The van der Waals surface area contributed by atoms with Crippen molar-refractivity contribution in [3.8, 4) is 0 Å². The highest BCUT2D eigenvalue weighted by molar-refractivity contribution is 5.86. The molecule has 0 aliphatic rings. The Hall–Kier alpha value is -7.96. The van der Waals surface area contributed by atoms with E-state index in [0.29, 0.717) is 11.1 Å². The van der Waals surface area contributed by atoms with Crippen LogP contribution in [0.5, 0.6) is 0 Å². The van der Waals surface area contributed by atoms with E-state index in [9.17, 15) is 9.59 Å². The molecule has 0 fully saturated rings. The SMILES string of the molecule is C.C(=Nc1ccc(Cc2ccccc2)cc1)c1ccc(C=Nc2ccc(Nc3ccccc3)cc2)cc1.Nc1ccc(Cc2ccccc2)cc1.O=Cc1ccc(C=O)cc1. The zero-order valence-corrected chi connectivity index (χ0v) is 33.2. The summed E-state index contributed by atoms with van der Waals surface area (Å²) in [5.74, 6) is 0. The number of nitrogens with zero attached hydrogens (tertiary/aromatic N) is 2. The van der Waals surface area contributed by atoms with Crippen LogP contribution in [0.3, 0.4) is 0 Å². The first-order chi connectivity index (χ1) is 29.5. The predicted octanol–water partition coefficient (Wildman–Crippen LogP) is 13.3. The summed E-state index contributed by atoms with van der Waals surface area (Å²) >= 11 is 0. The number of anilines is 3. The normalized spacial score (nSPS) is 10.4. The number of aldehydes is 2. The van der Waals surface area contributed by atoms with E-state index >= 15 is 0 Å². The number of rotatable bonds is 12. The van der Waals surface area contributed by atoms with Gasteiger partial charge in [-0.3, -0.25) is 19.6 Å². The molecule has 0 heterocycles. The molecule has 0 atom stereocenters. The molecule has 6 nitrogen and oxygen atoms in total. The lowest BCUT2D eigenvalue weighted by atomic mass is 10.1. The van der Waals surface area contributed by atoms with Gasteiger partial charge in [-0.2, -0.15) is 0 Å². The quantitative estimate of drug-likeness (QED) is 0.0731. The van der Waals surface area contributed by atoms with Crippen molar-refractivity contribution in [3.05, 3.63) is 257 Å². The molecule has 0 spiro atoms. The van der Waals surface area contributed by atoms with E-state index in [0.717, 1.165) is 65.0 Å². The van der Waals surface area contributed by atoms with Gasteiger partial charge in [-0.1, -0.05) is 159 Å². The Kier molecular flexibility index (Phi) is 17.4. The zero-order chi connectivity index (χ0) is 41.6. The topological polar surface area (TPSA) is 96.9 Å². The van der Waals surface area contributed by atoms with Crippen LogP contribution in [-0.4, -0.2) is 25.0 Å². The van der Waals surface area contributed by atoms with E-state index in [-0.39, 0.29) is 7.43 Å². The first-order valence-electron chi connectivity index (χ1n) is 19.6. The van der Waals surface area contributed by atoms with Crippen LogP contribution >= 0.6 is 0 Å².